The van der Waals surface area contributed by atoms with Crippen LogP contribution in [0.25, 0.3) is 10.8 Å². The van der Waals surface area contributed by atoms with Crippen LogP contribution < -0.4 is 29.6 Å². The van der Waals surface area contributed by atoms with E-state index in [4.69, 9.17) is 0 Å². The van der Waals surface area contributed by atoms with Crippen molar-refractivity contribution in [2.45, 2.75) is 83.0 Å². The summed E-state index contributed by atoms with van der Waals surface area (Å²) in [6, 6.07) is 9.43. The summed E-state index contributed by atoms with van der Waals surface area (Å²) in [6.45, 7) is 4.35. The Hall–Kier alpha value is -0.390. The van der Waals surface area contributed by atoms with Gasteiger partial charge in [-0.3, -0.25) is 0 Å². The van der Waals surface area contributed by atoms with Crippen molar-refractivity contribution in [2.75, 3.05) is 0 Å². The second-order valence-electron chi connectivity index (χ2n) is 7.13. The molecule has 0 heterocycles. The molecule has 0 saturated heterocycles. The fourth-order valence-corrected chi connectivity index (χ4v) is 4.39. The van der Waals surface area contributed by atoms with Crippen molar-refractivity contribution in [1.82, 2.24) is 0 Å². The minimum atomic E-state index is -4.45. The Bertz CT molecular complexity index is 816. The summed E-state index contributed by atoms with van der Waals surface area (Å²) >= 11 is 0. The van der Waals surface area contributed by atoms with Crippen LogP contribution in [0.2, 0.25) is 0 Å². The average molecular weight is 399 g/mol. The van der Waals surface area contributed by atoms with Gasteiger partial charge in [0, 0.05) is 0 Å². The monoisotopic (exact) mass is 398 g/mol. The maximum Gasteiger partial charge on any atom is 1.00 e. The Labute approximate surface area is 187 Å². The van der Waals surface area contributed by atoms with Crippen LogP contribution in [0.15, 0.2) is 35.2 Å². The zero-order valence-electron chi connectivity index (χ0n) is 17.1. The Kier molecular flexibility index (Phi) is 11.2. The Balaban J connectivity index is 0.00000364. The molecule has 0 spiro atoms. The fourth-order valence-electron chi connectivity index (χ4n) is 3.65. The molecule has 0 bridgehead atoms. The molecular weight excluding hydrogens is 367 g/mol. The summed E-state index contributed by atoms with van der Waals surface area (Å²) in [5.74, 6) is 0. The van der Waals surface area contributed by atoms with Crippen molar-refractivity contribution >= 4 is 20.9 Å². The van der Waals surface area contributed by atoms with E-state index in [-0.39, 0.29) is 34.5 Å². The molecule has 0 aliphatic heterocycles. The second-order valence-corrected chi connectivity index (χ2v) is 8.48. The molecule has 2 rings (SSSR count). The SMILES string of the molecule is CCCCCCc1cccc2c(CCCCCC)c(S(=O)(=O)[O-])ccc12.[Na+]. The number of hydrogen-bond donors (Lipinski definition) is 0. The average Bonchev–Trinajstić information content (AvgIpc) is 2.61. The molecule has 0 saturated carbocycles. The maximum absolute atomic E-state index is 11.8. The normalized spacial score (nSPS) is 11.5. The first-order valence-corrected chi connectivity index (χ1v) is 11.4. The third kappa shape index (κ3) is 7.17. The first-order valence-electron chi connectivity index (χ1n) is 9.98. The van der Waals surface area contributed by atoms with E-state index >= 15 is 0 Å². The van der Waals surface area contributed by atoms with Crippen LogP contribution in [-0.2, 0) is 23.0 Å². The van der Waals surface area contributed by atoms with Crippen LogP contribution in [0.3, 0.4) is 0 Å². The van der Waals surface area contributed by atoms with Crippen molar-refractivity contribution in [3.05, 3.63) is 41.5 Å². The van der Waals surface area contributed by atoms with Crippen LogP contribution in [0.5, 0.6) is 0 Å². The quantitative estimate of drug-likeness (QED) is 0.332. The zero-order valence-corrected chi connectivity index (χ0v) is 19.9. The second kappa shape index (κ2) is 12.2. The molecule has 27 heavy (non-hydrogen) atoms. The molecule has 0 aliphatic rings. The van der Waals surface area contributed by atoms with E-state index in [1.165, 1.54) is 30.9 Å². The third-order valence-electron chi connectivity index (χ3n) is 5.07. The molecule has 0 fully saturated rings. The smallest absolute Gasteiger partial charge is 0.744 e. The van der Waals surface area contributed by atoms with Crippen LogP contribution >= 0.6 is 0 Å². The van der Waals surface area contributed by atoms with Gasteiger partial charge >= 0.3 is 29.6 Å². The van der Waals surface area contributed by atoms with Gasteiger partial charge in [0.05, 0.1) is 4.90 Å². The number of aryl methyl sites for hydroxylation is 2. The van der Waals surface area contributed by atoms with Crippen molar-refractivity contribution in [3.8, 4) is 0 Å². The van der Waals surface area contributed by atoms with E-state index in [9.17, 15) is 13.0 Å². The standard InChI is InChI=1S/C22H32O3S.Na/c1-3-5-7-9-12-18-13-11-15-20-19(18)16-17-22(26(23,24)25)21(20)14-10-8-6-4-2;/h11,13,15-17H,3-10,12,14H2,1-2H3,(H,23,24,25);/q;+1/p-1. The molecule has 0 aliphatic carbocycles. The predicted octanol–water partition coefficient (Wildman–Crippen LogP) is 2.99. The van der Waals surface area contributed by atoms with E-state index in [2.05, 4.69) is 19.9 Å². The molecule has 0 radical (unpaired) electrons. The van der Waals surface area contributed by atoms with Crippen molar-refractivity contribution in [3.63, 3.8) is 0 Å². The van der Waals surface area contributed by atoms with Crippen LogP contribution in [-0.4, -0.2) is 13.0 Å². The Morgan fingerprint density at radius 1 is 0.778 bits per heavy atom. The topological polar surface area (TPSA) is 57.2 Å². The summed E-state index contributed by atoms with van der Waals surface area (Å²) < 4.78 is 35.3. The summed E-state index contributed by atoms with van der Waals surface area (Å²) in [5.41, 5.74) is 1.97. The van der Waals surface area contributed by atoms with Crippen molar-refractivity contribution in [2.24, 2.45) is 0 Å². The van der Waals surface area contributed by atoms with Gasteiger partial charge in [-0.25, -0.2) is 8.42 Å². The zero-order chi connectivity index (χ0) is 19.0. The van der Waals surface area contributed by atoms with Gasteiger partial charge in [0.15, 0.2) is 0 Å². The van der Waals surface area contributed by atoms with Gasteiger partial charge in [0.1, 0.15) is 10.1 Å². The first-order chi connectivity index (χ1) is 12.5. The molecular formula is C22H31NaO3S. The maximum atomic E-state index is 11.8. The largest absolute Gasteiger partial charge is 1.00 e. The third-order valence-corrected chi connectivity index (χ3v) is 5.99. The summed E-state index contributed by atoms with van der Waals surface area (Å²) in [7, 11) is -4.45. The van der Waals surface area contributed by atoms with Crippen LogP contribution in [0.1, 0.15) is 76.3 Å². The van der Waals surface area contributed by atoms with E-state index < -0.39 is 10.1 Å². The molecule has 0 unspecified atom stereocenters. The van der Waals surface area contributed by atoms with Crippen LogP contribution in [0.4, 0.5) is 0 Å². The molecule has 2 aromatic rings. The molecule has 3 nitrogen and oxygen atoms in total. The van der Waals surface area contributed by atoms with Gasteiger partial charge in [-0.15, -0.1) is 0 Å². The molecule has 0 N–H and O–H groups in total. The molecule has 0 aromatic heterocycles. The van der Waals surface area contributed by atoms with Gasteiger partial charge in [-0.2, -0.15) is 0 Å². The van der Waals surface area contributed by atoms with Gasteiger partial charge in [-0.1, -0.05) is 76.6 Å². The van der Waals surface area contributed by atoms with Crippen molar-refractivity contribution in [1.29, 1.82) is 0 Å². The summed E-state index contributed by atoms with van der Waals surface area (Å²) in [6.07, 6.45) is 10.7. The first kappa shape index (κ1) is 24.6. The van der Waals surface area contributed by atoms with Gasteiger partial charge in [-0.05, 0) is 53.6 Å². The molecule has 0 amide bonds. The molecule has 144 valence electrons. The molecule has 2 aromatic carbocycles. The molecule has 5 heteroatoms. The van der Waals surface area contributed by atoms with E-state index in [1.54, 1.807) is 0 Å². The number of fused-ring (bicyclic) bond motifs is 1. The van der Waals surface area contributed by atoms with Crippen molar-refractivity contribution < 1.29 is 42.5 Å². The Morgan fingerprint density at radius 3 is 2.00 bits per heavy atom. The minimum Gasteiger partial charge on any atom is -0.744 e. The van der Waals surface area contributed by atoms with E-state index in [0.717, 1.165) is 49.3 Å². The van der Waals surface area contributed by atoms with Gasteiger partial charge in [0.25, 0.3) is 0 Å². The Morgan fingerprint density at radius 2 is 1.41 bits per heavy atom. The van der Waals surface area contributed by atoms with Gasteiger partial charge < -0.3 is 4.55 Å². The fraction of sp³-hybridized carbons (Fsp3) is 0.545. The summed E-state index contributed by atoms with van der Waals surface area (Å²) in [4.78, 5) is -0.0374. The predicted molar refractivity (Wildman–Crippen MR) is 108 cm³/mol. The number of hydrogen-bond acceptors (Lipinski definition) is 3. The number of unbranched alkanes of at least 4 members (excludes halogenated alkanes) is 6. The molecule has 0 atom stereocenters. The van der Waals surface area contributed by atoms with E-state index in [0.29, 0.717) is 12.0 Å². The van der Waals surface area contributed by atoms with Gasteiger partial charge in [0.2, 0.25) is 0 Å². The van der Waals surface area contributed by atoms with E-state index in [1.807, 2.05) is 18.2 Å². The van der Waals surface area contributed by atoms with Crippen LogP contribution in [0, 0.1) is 0 Å². The minimum absolute atomic E-state index is 0. The number of benzene rings is 2. The summed E-state index contributed by atoms with van der Waals surface area (Å²) in [5, 5.41) is 2.04. The number of rotatable bonds is 11.